The Hall–Kier alpha value is -1.84. The largest absolute Gasteiger partial charge is 0.486 e. The number of ether oxygens (including phenoxy) is 1. The highest BCUT2D eigenvalue weighted by atomic mass is 127. The molecular formula is C20H30FIN4O2. The number of hydrogen-bond donors (Lipinski definition) is 2. The maximum absolute atomic E-state index is 13.7. The van der Waals surface area contributed by atoms with E-state index in [2.05, 4.69) is 27.7 Å². The second-order valence-electron chi connectivity index (χ2n) is 6.17. The lowest BCUT2D eigenvalue weighted by atomic mass is 10.1. The van der Waals surface area contributed by atoms with E-state index in [9.17, 15) is 4.39 Å². The van der Waals surface area contributed by atoms with E-state index < -0.39 is 0 Å². The number of hydrogen-bond acceptors (Lipinski definition) is 4. The first-order chi connectivity index (χ1) is 13.1. The highest BCUT2D eigenvalue weighted by Crippen LogP contribution is 2.17. The Morgan fingerprint density at radius 3 is 2.61 bits per heavy atom. The zero-order valence-electron chi connectivity index (χ0n) is 16.9. The summed E-state index contributed by atoms with van der Waals surface area (Å²) in [6, 6.07) is 6.40. The third-order valence-electron chi connectivity index (χ3n) is 4.07. The van der Waals surface area contributed by atoms with Gasteiger partial charge in [-0.25, -0.2) is 9.38 Å². The summed E-state index contributed by atoms with van der Waals surface area (Å²) in [5.41, 5.74) is 2.00. The maximum Gasteiger partial charge on any atom is 0.191 e. The third kappa shape index (κ3) is 6.96. The molecule has 0 fully saturated rings. The molecule has 0 radical (unpaired) electrons. The molecular weight excluding hydrogens is 474 g/mol. The topological polar surface area (TPSA) is 71.7 Å². The first-order valence-corrected chi connectivity index (χ1v) is 9.48. The van der Waals surface area contributed by atoms with Crippen molar-refractivity contribution >= 4 is 29.9 Å². The minimum atomic E-state index is -0.364. The molecule has 0 amide bonds. The van der Waals surface area contributed by atoms with E-state index in [1.54, 1.807) is 18.2 Å². The molecule has 1 aromatic carbocycles. The summed E-state index contributed by atoms with van der Waals surface area (Å²) in [4.78, 5) is 4.63. The minimum absolute atomic E-state index is 0. The lowest BCUT2D eigenvalue weighted by molar-refractivity contribution is 0.214. The number of para-hydroxylation sites is 1. The normalized spacial score (nSPS) is 12.2. The van der Waals surface area contributed by atoms with Crippen molar-refractivity contribution in [3.8, 4) is 5.75 Å². The number of aromatic nitrogens is 1. The van der Waals surface area contributed by atoms with Crippen LogP contribution in [-0.4, -0.2) is 30.3 Å². The van der Waals surface area contributed by atoms with Crippen LogP contribution in [0.15, 0.2) is 33.8 Å². The number of guanidine groups is 1. The summed E-state index contributed by atoms with van der Waals surface area (Å²) in [7, 11) is 0. The van der Waals surface area contributed by atoms with E-state index in [4.69, 9.17) is 9.26 Å². The van der Waals surface area contributed by atoms with Crippen molar-refractivity contribution in [3.05, 3.63) is 47.1 Å². The SMILES string of the molecule is CCNC(=NCc1c(CC)noc1CC)NCC(C)Oc1ccccc1F.I. The van der Waals surface area contributed by atoms with E-state index in [0.29, 0.717) is 19.0 Å². The number of benzene rings is 1. The van der Waals surface area contributed by atoms with Crippen LogP contribution in [0.4, 0.5) is 4.39 Å². The summed E-state index contributed by atoms with van der Waals surface area (Å²) in [6.45, 7) is 9.70. The zero-order valence-corrected chi connectivity index (χ0v) is 19.2. The summed E-state index contributed by atoms with van der Waals surface area (Å²) < 4.78 is 24.7. The molecule has 0 aliphatic rings. The molecule has 1 heterocycles. The van der Waals surface area contributed by atoms with E-state index in [-0.39, 0.29) is 41.6 Å². The van der Waals surface area contributed by atoms with Crippen LogP contribution in [0.5, 0.6) is 5.75 Å². The van der Waals surface area contributed by atoms with Gasteiger partial charge in [0.2, 0.25) is 0 Å². The lowest BCUT2D eigenvalue weighted by Crippen LogP contribution is -2.41. The lowest BCUT2D eigenvalue weighted by Gasteiger charge is -2.18. The number of aliphatic imine (C=N–C) groups is 1. The van der Waals surface area contributed by atoms with Crippen LogP contribution in [0.2, 0.25) is 0 Å². The van der Waals surface area contributed by atoms with Crippen LogP contribution in [0.3, 0.4) is 0 Å². The molecule has 2 N–H and O–H groups in total. The standard InChI is InChI=1S/C20H29FN4O2.HI/c1-5-17-15(18(6-2)27-25-17)13-24-20(22-7-3)23-12-14(4)26-19-11-9-8-10-16(19)21;/h8-11,14H,5-7,12-13H2,1-4H3,(H2,22,23,24);1H. The second kappa shape index (κ2) is 12.6. The van der Waals surface area contributed by atoms with Gasteiger partial charge in [0.05, 0.1) is 18.8 Å². The van der Waals surface area contributed by atoms with Gasteiger partial charge in [-0.05, 0) is 32.4 Å². The van der Waals surface area contributed by atoms with Crippen molar-refractivity contribution in [1.29, 1.82) is 0 Å². The van der Waals surface area contributed by atoms with Crippen LogP contribution in [-0.2, 0) is 19.4 Å². The number of halogens is 2. The average Bonchev–Trinajstić information content (AvgIpc) is 3.07. The second-order valence-corrected chi connectivity index (χ2v) is 6.17. The Labute approximate surface area is 183 Å². The molecule has 0 bridgehead atoms. The van der Waals surface area contributed by atoms with Crippen molar-refractivity contribution in [2.45, 2.75) is 53.2 Å². The molecule has 0 aliphatic carbocycles. The summed E-state index contributed by atoms with van der Waals surface area (Å²) in [5.74, 6) is 1.43. The molecule has 1 aromatic heterocycles. The monoisotopic (exact) mass is 504 g/mol. The summed E-state index contributed by atoms with van der Waals surface area (Å²) >= 11 is 0. The molecule has 1 unspecified atom stereocenters. The molecule has 28 heavy (non-hydrogen) atoms. The number of nitrogens with one attached hydrogen (secondary N) is 2. The van der Waals surface area contributed by atoms with E-state index in [1.165, 1.54) is 6.07 Å². The molecule has 0 saturated heterocycles. The van der Waals surface area contributed by atoms with Crippen molar-refractivity contribution in [1.82, 2.24) is 15.8 Å². The number of nitrogens with zero attached hydrogens (tertiary/aromatic N) is 2. The van der Waals surface area contributed by atoms with Gasteiger partial charge in [-0.3, -0.25) is 0 Å². The van der Waals surface area contributed by atoms with Gasteiger partial charge >= 0.3 is 0 Å². The Morgan fingerprint density at radius 2 is 1.96 bits per heavy atom. The molecule has 2 rings (SSSR count). The predicted molar refractivity (Wildman–Crippen MR) is 120 cm³/mol. The Balaban J connectivity index is 0.00000392. The van der Waals surface area contributed by atoms with Crippen LogP contribution < -0.4 is 15.4 Å². The number of aryl methyl sites for hydroxylation is 2. The molecule has 1 atom stereocenters. The molecule has 0 saturated carbocycles. The first kappa shape index (κ1) is 24.2. The Kier molecular flexibility index (Phi) is 10.9. The van der Waals surface area contributed by atoms with Crippen molar-refractivity contribution in [2.75, 3.05) is 13.1 Å². The van der Waals surface area contributed by atoms with Gasteiger partial charge in [0.25, 0.3) is 0 Å². The summed E-state index contributed by atoms with van der Waals surface area (Å²) in [6.07, 6.45) is 1.38. The van der Waals surface area contributed by atoms with Gasteiger partial charge in [0.15, 0.2) is 17.5 Å². The van der Waals surface area contributed by atoms with Gasteiger partial charge in [-0.2, -0.15) is 0 Å². The average molecular weight is 504 g/mol. The van der Waals surface area contributed by atoms with Crippen LogP contribution >= 0.6 is 24.0 Å². The zero-order chi connectivity index (χ0) is 19.6. The van der Waals surface area contributed by atoms with Gasteiger partial charge in [-0.1, -0.05) is 31.1 Å². The molecule has 6 nitrogen and oxygen atoms in total. The van der Waals surface area contributed by atoms with Crippen LogP contribution in [0.1, 0.15) is 44.7 Å². The van der Waals surface area contributed by atoms with Crippen molar-refractivity contribution in [3.63, 3.8) is 0 Å². The van der Waals surface area contributed by atoms with Gasteiger partial charge in [0.1, 0.15) is 11.9 Å². The van der Waals surface area contributed by atoms with Crippen LogP contribution in [0, 0.1) is 5.82 Å². The Bertz CT molecular complexity index is 730. The predicted octanol–water partition coefficient (Wildman–Crippen LogP) is 4.08. The Morgan fingerprint density at radius 1 is 1.21 bits per heavy atom. The van der Waals surface area contributed by atoms with Crippen molar-refractivity contribution in [2.24, 2.45) is 4.99 Å². The van der Waals surface area contributed by atoms with Crippen molar-refractivity contribution < 1.29 is 13.7 Å². The fourth-order valence-corrected chi connectivity index (χ4v) is 2.66. The molecule has 2 aromatic rings. The molecule has 0 aliphatic heterocycles. The van der Waals surface area contributed by atoms with E-state index in [0.717, 1.165) is 36.4 Å². The highest BCUT2D eigenvalue weighted by molar-refractivity contribution is 14.0. The van der Waals surface area contributed by atoms with E-state index >= 15 is 0 Å². The molecule has 8 heteroatoms. The fraction of sp³-hybridized carbons (Fsp3) is 0.500. The summed E-state index contributed by atoms with van der Waals surface area (Å²) in [5, 5.41) is 10.6. The number of rotatable bonds is 9. The quantitative estimate of drug-likeness (QED) is 0.306. The molecule has 156 valence electrons. The maximum atomic E-state index is 13.7. The van der Waals surface area contributed by atoms with Crippen LogP contribution in [0.25, 0.3) is 0 Å². The van der Waals surface area contributed by atoms with E-state index in [1.807, 2.05) is 20.8 Å². The first-order valence-electron chi connectivity index (χ1n) is 9.48. The molecule has 0 spiro atoms. The highest BCUT2D eigenvalue weighted by Gasteiger charge is 2.13. The minimum Gasteiger partial charge on any atom is -0.486 e. The van der Waals surface area contributed by atoms with Gasteiger partial charge in [0, 0.05) is 18.5 Å². The van der Waals surface area contributed by atoms with Gasteiger partial charge in [-0.15, -0.1) is 24.0 Å². The van der Waals surface area contributed by atoms with Gasteiger partial charge < -0.3 is 19.9 Å². The smallest absolute Gasteiger partial charge is 0.191 e. The fourth-order valence-electron chi connectivity index (χ4n) is 2.66. The third-order valence-corrected chi connectivity index (χ3v) is 4.07.